The molecule has 0 saturated carbocycles. The van der Waals surface area contributed by atoms with Crippen molar-refractivity contribution in [2.75, 3.05) is 0 Å². The van der Waals surface area contributed by atoms with E-state index < -0.39 is 20.2 Å². The Hall–Kier alpha value is -2.84. The molecule has 0 atom stereocenters. The normalized spacial score (nSPS) is 11.2. The monoisotopic (exact) mass is 766 g/mol. The third-order valence-electron chi connectivity index (χ3n) is 7.70. The molecule has 4 rings (SSSR count). The Labute approximate surface area is 332 Å². The van der Waals surface area contributed by atoms with E-state index in [2.05, 4.69) is 13.8 Å². The van der Waals surface area contributed by atoms with E-state index >= 15 is 0 Å². The van der Waals surface area contributed by atoms with Gasteiger partial charge in [-0.1, -0.05) is 83.4 Å². The quantitative estimate of drug-likeness (QED) is 0.0568. The molecule has 51 heavy (non-hydrogen) atoms. The van der Waals surface area contributed by atoms with E-state index in [1.165, 1.54) is 67.8 Å². The van der Waals surface area contributed by atoms with Crippen LogP contribution >= 0.6 is 0 Å². The van der Waals surface area contributed by atoms with Gasteiger partial charge in [0.05, 0.1) is 9.79 Å². The first kappa shape index (κ1) is 44.3. The number of ether oxygens (including phenoxy) is 2. The van der Waals surface area contributed by atoms with Crippen LogP contribution < -0.4 is 14.6 Å². The second-order valence-electron chi connectivity index (χ2n) is 12.1. The van der Waals surface area contributed by atoms with Crippen molar-refractivity contribution in [3.8, 4) is 34.5 Å². The number of phenols is 1. The van der Waals surface area contributed by atoms with Gasteiger partial charge in [0.15, 0.2) is 0 Å². The van der Waals surface area contributed by atoms with Crippen LogP contribution in [0.2, 0.25) is 0 Å². The summed E-state index contributed by atoms with van der Waals surface area (Å²) in [5.74, 6) is 1.10. The summed E-state index contributed by atoms with van der Waals surface area (Å²) in [5.41, 5.74) is 1.53. The first-order chi connectivity index (χ1) is 23.8. The van der Waals surface area contributed by atoms with Gasteiger partial charge in [-0.15, -0.1) is 5.75 Å². The van der Waals surface area contributed by atoms with Crippen molar-refractivity contribution >= 4 is 58.0 Å². The molecule has 0 aliphatic heterocycles. The van der Waals surface area contributed by atoms with E-state index in [-0.39, 0.29) is 64.8 Å². The Kier molecular flexibility index (Phi) is 19.4. The summed E-state index contributed by atoms with van der Waals surface area (Å²) < 4.78 is 77.8. The van der Waals surface area contributed by atoms with Crippen molar-refractivity contribution in [3.05, 3.63) is 96.1 Å². The van der Waals surface area contributed by atoms with Gasteiger partial charge in [-0.05, 0) is 91.4 Å². The number of rotatable bonds is 18. The summed E-state index contributed by atoms with van der Waals surface area (Å²) in [4.78, 5) is -0.499. The molecule has 0 aliphatic rings. The summed E-state index contributed by atoms with van der Waals surface area (Å²) in [6.07, 6.45) is 12.3. The summed E-state index contributed by atoms with van der Waals surface area (Å²) in [6, 6.07) is 20.9. The standard InChI is InChI=1S/2C19H24O5S.Ca/c2*1-2-3-4-5-6-8-15-11-18(14-19(12-15)25(21,22)23)24-17-10-7-9-16(20)13-17;/h2*7,9-14,20H,2-6,8H2,1H3,(H,21,22,23);/q;;+2/p-2. The van der Waals surface area contributed by atoms with Gasteiger partial charge in [0.1, 0.15) is 38.9 Å². The molecule has 0 amide bonds. The average Bonchev–Trinajstić information content (AvgIpc) is 3.04. The summed E-state index contributed by atoms with van der Waals surface area (Å²) in [6.45, 7) is 4.30. The Bertz CT molecular complexity index is 1740. The van der Waals surface area contributed by atoms with Crippen LogP contribution in [0, 0.1) is 0 Å². The van der Waals surface area contributed by atoms with Gasteiger partial charge in [0, 0.05) is 12.1 Å². The minimum absolute atomic E-state index is 0. The molecule has 4 aromatic carbocycles. The molecule has 0 aromatic heterocycles. The van der Waals surface area contributed by atoms with Crippen LogP contribution in [-0.2, 0) is 33.1 Å². The van der Waals surface area contributed by atoms with Gasteiger partial charge in [0.2, 0.25) is 0 Å². The molecule has 0 heterocycles. The summed E-state index contributed by atoms with van der Waals surface area (Å²) in [5, 5.41) is 20.9. The van der Waals surface area contributed by atoms with E-state index in [0.29, 0.717) is 30.1 Å². The topological polar surface area (TPSA) is 173 Å². The summed E-state index contributed by atoms with van der Waals surface area (Å²) in [7, 11) is -8.90. The zero-order valence-electron chi connectivity index (χ0n) is 29.3. The van der Waals surface area contributed by atoms with Crippen LogP contribution in [0.15, 0.2) is 94.7 Å². The molecule has 272 valence electrons. The maximum Gasteiger partial charge on any atom is 2.00 e. The zero-order chi connectivity index (χ0) is 36.6. The van der Waals surface area contributed by atoms with E-state index in [9.17, 15) is 36.2 Å². The first-order valence-electron chi connectivity index (χ1n) is 16.9. The predicted octanol–water partition coefficient (Wildman–Crippen LogP) is 8.53. The number of hydrogen-bond acceptors (Lipinski definition) is 9. The van der Waals surface area contributed by atoms with Crippen LogP contribution in [0.4, 0.5) is 0 Å². The van der Waals surface area contributed by atoms with E-state index in [0.717, 1.165) is 56.1 Å². The molecule has 0 saturated heterocycles. The molecular weight excluding hydrogens is 721 g/mol. The van der Waals surface area contributed by atoms with Crippen molar-refractivity contribution in [1.82, 2.24) is 0 Å². The molecule has 0 aliphatic carbocycles. The second-order valence-corrected chi connectivity index (χ2v) is 14.9. The second kappa shape index (κ2) is 22.3. The Morgan fingerprint density at radius 3 is 1.53 bits per heavy atom. The number of aromatic hydroxyl groups is 1. The van der Waals surface area contributed by atoms with Crippen molar-refractivity contribution in [2.45, 2.75) is 101 Å². The van der Waals surface area contributed by atoms with Crippen LogP contribution in [0.5, 0.6) is 34.5 Å². The van der Waals surface area contributed by atoms with Gasteiger partial charge in [-0.2, -0.15) is 8.42 Å². The fourth-order valence-corrected chi connectivity index (χ4v) is 6.30. The van der Waals surface area contributed by atoms with Crippen molar-refractivity contribution in [2.24, 2.45) is 0 Å². The average molecular weight is 767 g/mol. The van der Waals surface area contributed by atoms with Crippen molar-refractivity contribution in [3.63, 3.8) is 0 Å². The van der Waals surface area contributed by atoms with E-state index in [1.54, 1.807) is 36.4 Å². The minimum atomic E-state index is -4.58. The number of unbranched alkanes of at least 4 members (excludes halogenated alkanes) is 8. The van der Waals surface area contributed by atoms with Crippen LogP contribution in [0.3, 0.4) is 0 Å². The molecule has 2 N–H and O–H groups in total. The maximum atomic E-state index is 11.5. The summed E-state index contributed by atoms with van der Waals surface area (Å²) >= 11 is 0. The third kappa shape index (κ3) is 17.0. The number of benzene rings is 4. The van der Waals surface area contributed by atoms with Gasteiger partial charge in [-0.25, -0.2) is 8.42 Å². The Balaban J connectivity index is 0.000000347. The van der Waals surface area contributed by atoms with Crippen LogP contribution in [0.25, 0.3) is 0 Å². The fraction of sp³-hybridized carbons (Fsp3) is 0.368. The largest absolute Gasteiger partial charge is 2.00 e. The Morgan fingerprint density at radius 1 is 0.588 bits per heavy atom. The Morgan fingerprint density at radius 2 is 1.06 bits per heavy atom. The van der Waals surface area contributed by atoms with Crippen LogP contribution in [0.1, 0.15) is 89.2 Å². The SMILES string of the molecule is CCCCCCCc1cc(Oc2cccc(O)c2)cc(S(=O)(=O)O)c1.CCCCCCCc1cc(Oc2cccc([O-])c2)cc(S(=O)(=O)[O-])c1.[Ca+2]. The zero-order valence-corrected chi connectivity index (χ0v) is 33.1. The van der Waals surface area contributed by atoms with Gasteiger partial charge in [-0.3, -0.25) is 4.55 Å². The van der Waals surface area contributed by atoms with Gasteiger partial charge >= 0.3 is 37.7 Å². The van der Waals surface area contributed by atoms with Crippen LogP contribution in [-0.4, -0.2) is 68.8 Å². The smallest absolute Gasteiger partial charge is 0.872 e. The molecule has 0 radical (unpaired) electrons. The molecule has 13 heteroatoms. The number of aryl methyl sites for hydroxylation is 2. The van der Waals surface area contributed by atoms with E-state index in [1.807, 2.05) is 0 Å². The minimum Gasteiger partial charge on any atom is -0.872 e. The molecule has 0 spiro atoms. The fourth-order valence-electron chi connectivity index (χ4n) is 5.18. The van der Waals surface area contributed by atoms with Gasteiger partial charge < -0.3 is 24.2 Å². The third-order valence-corrected chi connectivity index (χ3v) is 9.34. The molecule has 10 nitrogen and oxygen atoms in total. The molecular formula is C38H46CaO10S2. The maximum absolute atomic E-state index is 11.5. The molecule has 0 fully saturated rings. The van der Waals surface area contributed by atoms with E-state index in [4.69, 9.17) is 9.47 Å². The number of hydrogen-bond donors (Lipinski definition) is 2. The van der Waals surface area contributed by atoms with Crippen molar-refractivity contribution < 1.29 is 45.6 Å². The predicted molar refractivity (Wildman–Crippen MR) is 195 cm³/mol. The molecule has 0 bridgehead atoms. The van der Waals surface area contributed by atoms with Crippen molar-refractivity contribution in [1.29, 1.82) is 0 Å². The number of phenolic OH excluding ortho intramolecular Hbond substituents is 1. The molecule has 4 aromatic rings. The van der Waals surface area contributed by atoms with Gasteiger partial charge in [0.25, 0.3) is 10.1 Å². The first-order valence-corrected chi connectivity index (χ1v) is 19.7. The molecule has 0 unspecified atom stereocenters.